The van der Waals surface area contributed by atoms with Gasteiger partial charge in [0.05, 0.1) is 38.0 Å². The van der Waals surface area contributed by atoms with Crippen LogP contribution in [0.4, 0.5) is 0 Å². The molecule has 0 atom stereocenters. The van der Waals surface area contributed by atoms with Crippen molar-refractivity contribution in [2.24, 2.45) is 0 Å². The topological polar surface area (TPSA) is 72.9 Å². The second-order valence-electron chi connectivity index (χ2n) is 7.36. The van der Waals surface area contributed by atoms with Crippen LogP contribution in [0.15, 0.2) is 48.5 Å². The molecule has 32 heavy (non-hydrogen) atoms. The summed E-state index contributed by atoms with van der Waals surface area (Å²) in [5, 5.41) is 3.46. The van der Waals surface area contributed by atoms with Crippen molar-refractivity contribution in [2.45, 2.75) is 0 Å². The summed E-state index contributed by atoms with van der Waals surface area (Å²) < 4.78 is 15.9. The van der Waals surface area contributed by atoms with Crippen molar-refractivity contribution in [3.05, 3.63) is 53.5 Å². The van der Waals surface area contributed by atoms with Crippen LogP contribution in [0, 0.1) is 0 Å². The fraction of sp³-hybridized carbons (Fsp3) is 0.333. The molecule has 3 aromatic rings. The third-order valence-corrected chi connectivity index (χ3v) is 6.46. The number of carbonyl (C=O) groups is 1. The molecule has 0 spiro atoms. The van der Waals surface area contributed by atoms with Crippen LogP contribution < -0.4 is 14.8 Å². The predicted octanol–water partition coefficient (Wildman–Crippen LogP) is 3.56. The zero-order valence-electron chi connectivity index (χ0n) is 18.3. The molecular formula is C24H27N3O4S. The van der Waals surface area contributed by atoms with Gasteiger partial charge in [-0.3, -0.25) is 9.69 Å². The van der Waals surface area contributed by atoms with Gasteiger partial charge in [0, 0.05) is 31.7 Å². The van der Waals surface area contributed by atoms with Crippen molar-refractivity contribution in [1.82, 2.24) is 15.2 Å². The van der Waals surface area contributed by atoms with E-state index in [0.717, 1.165) is 66.0 Å². The zero-order valence-corrected chi connectivity index (χ0v) is 19.1. The minimum atomic E-state index is -0.155. The number of hydrogen-bond acceptors (Lipinski definition) is 7. The van der Waals surface area contributed by atoms with E-state index in [1.165, 1.54) is 11.3 Å². The van der Waals surface area contributed by atoms with Gasteiger partial charge in [0.1, 0.15) is 11.5 Å². The lowest BCUT2D eigenvalue weighted by Gasteiger charge is -2.26. The molecule has 1 fully saturated rings. The van der Waals surface area contributed by atoms with Crippen molar-refractivity contribution in [1.29, 1.82) is 0 Å². The smallest absolute Gasteiger partial charge is 0.280 e. The first kappa shape index (κ1) is 22.3. The fourth-order valence-electron chi connectivity index (χ4n) is 3.53. The minimum absolute atomic E-state index is 0.155. The van der Waals surface area contributed by atoms with Crippen LogP contribution in [0.2, 0.25) is 0 Å². The van der Waals surface area contributed by atoms with Crippen molar-refractivity contribution in [2.75, 3.05) is 53.6 Å². The van der Waals surface area contributed by atoms with Gasteiger partial charge in [-0.05, 0) is 54.1 Å². The van der Waals surface area contributed by atoms with Gasteiger partial charge < -0.3 is 19.5 Å². The summed E-state index contributed by atoms with van der Waals surface area (Å²) in [5.41, 5.74) is 2.70. The largest absolute Gasteiger partial charge is 0.497 e. The molecular weight excluding hydrogens is 426 g/mol. The van der Waals surface area contributed by atoms with Gasteiger partial charge in [-0.25, -0.2) is 4.98 Å². The molecule has 7 nitrogen and oxygen atoms in total. The van der Waals surface area contributed by atoms with Gasteiger partial charge >= 0.3 is 0 Å². The molecule has 1 saturated heterocycles. The maximum absolute atomic E-state index is 12.9. The van der Waals surface area contributed by atoms with Crippen molar-refractivity contribution in [3.63, 3.8) is 0 Å². The number of methoxy groups -OCH3 is 2. The molecule has 2 aromatic carbocycles. The number of amides is 1. The van der Waals surface area contributed by atoms with Crippen LogP contribution in [-0.2, 0) is 4.74 Å². The van der Waals surface area contributed by atoms with Gasteiger partial charge in [0.2, 0.25) is 0 Å². The van der Waals surface area contributed by atoms with E-state index in [2.05, 4.69) is 10.2 Å². The Kier molecular flexibility index (Phi) is 7.36. The zero-order chi connectivity index (χ0) is 22.3. The van der Waals surface area contributed by atoms with Crippen LogP contribution in [-0.4, -0.2) is 69.4 Å². The second-order valence-corrected chi connectivity index (χ2v) is 8.36. The molecule has 0 aliphatic carbocycles. The summed E-state index contributed by atoms with van der Waals surface area (Å²) in [5.74, 6) is 1.40. The van der Waals surface area contributed by atoms with Gasteiger partial charge in [0.25, 0.3) is 5.91 Å². The quantitative estimate of drug-likeness (QED) is 0.562. The average Bonchev–Trinajstić information content (AvgIpc) is 3.30. The number of ether oxygens (including phenoxy) is 3. The number of carbonyl (C=O) groups excluding carboxylic acids is 1. The van der Waals surface area contributed by atoms with Gasteiger partial charge in [-0.15, -0.1) is 11.3 Å². The molecule has 1 amide bonds. The van der Waals surface area contributed by atoms with Crippen molar-refractivity contribution in [3.8, 4) is 33.2 Å². The van der Waals surface area contributed by atoms with Crippen molar-refractivity contribution < 1.29 is 19.0 Å². The Hall–Kier alpha value is -2.94. The van der Waals surface area contributed by atoms with Crippen LogP contribution in [0.1, 0.15) is 9.80 Å². The summed E-state index contributed by atoms with van der Waals surface area (Å²) in [6, 6.07) is 15.5. The number of benzene rings is 2. The monoisotopic (exact) mass is 453 g/mol. The summed E-state index contributed by atoms with van der Waals surface area (Å²) in [6.45, 7) is 4.67. The van der Waals surface area contributed by atoms with E-state index < -0.39 is 0 Å². The minimum Gasteiger partial charge on any atom is -0.497 e. The van der Waals surface area contributed by atoms with Gasteiger partial charge in [-0.2, -0.15) is 0 Å². The molecule has 4 rings (SSSR count). The molecule has 0 radical (unpaired) electrons. The van der Waals surface area contributed by atoms with Crippen LogP contribution in [0.5, 0.6) is 11.5 Å². The highest BCUT2D eigenvalue weighted by atomic mass is 32.1. The fourth-order valence-corrected chi connectivity index (χ4v) is 4.54. The molecule has 1 aliphatic rings. The molecule has 8 heteroatoms. The Morgan fingerprint density at radius 2 is 1.59 bits per heavy atom. The van der Waals surface area contributed by atoms with E-state index in [1.807, 2.05) is 48.5 Å². The molecule has 0 unspecified atom stereocenters. The Morgan fingerprint density at radius 3 is 2.19 bits per heavy atom. The normalized spacial score (nSPS) is 14.2. The Bertz CT molecular complexity index is 963. The van der Waals surface area contributed by atoms with Gasteiger partial charge in [-0.1, -0.05) is 0 Å². The number of hydrogen-bond donors (Lipinski definition) is 1. The number of nitrogens with one attached hydrogen (secondary N) is 1. The van der Waals surface area contributed by atoms with Crippen LogP contribution >= 0.6 is 11.3 Å². The van der Waals surface area contributed by atoms with Crippen LogP contribution in [0.3, 0.4) is 0 Å². The molecule has 2 heterocycles. The number of thiazole rings is 1. The Balaban J connectivity index is 1.56. The maximum Gasteiger partial charge on any atom is 0.280 e. The summed E-state index contributed by atoms with van der Waals surface area (Å²) in [4.78, 5) is 20.8. The number of morpholine rings is 1. The lowest BCUT2D eigenvalue weighted by Crippen LogP contribution is -2.41. The summed E-state index contributed by atoms with van der Waals surface area (Å²) >= 11 is 1.40. The SMILES string of the molecule is COc1ccc(-c2nc(C(=O)NCCN3CCOCC3)sc2-c2ccc(OC)cc2)cc1. The summed E-state index contributed by atoms with van der Waals surface area (Å²) in [6.07, 6.45) is 0. The lowest BCUT2D eigenvalue weighted by atomic mass is 10.1. The van der Waals surface area contributed by atoms with Crippen molar-refractivity contribution >= 4 is 17.2 Å². The Labute approximate surface area is 191 Å². The standard InChI is InChI=1S/C24H27N3O4S/c1-29-19-7-3-17(4-8-19)21-22(18-5-9-20(30-2)10-6-18)32-24(26-21)23(28)25-11-12-27-13-15-31-16-14-27/h3-10H,11-16H2,1-2H3,(H,25,28). The average molecular weight is 454 g/mol. The first-order valence-corrected chi connectivity index (χ1v) is 11.4. The molecule has 168 valence electrons. The highest BCUT2D eigenvalue weighted by Crippen LogP contribution is 2.38. The first-order valence-electron chi connectivity index (χ1n) is 10.6. The molecule has 0 bridgehead atoms. The maximum atomic E-state index is 12.9. The molecule has 1 N–H and O–H groups in total. The van der Waals surface area contributed by atoms with E-state index in [0.29, 0.717) is 11.6 Å². The van der Waals surface area contributed by atoms with E-state index in [9.17, 15) is 4.79 Å². The molecule has 0 saturated carbocycles. The van der Waals surface area contributed by atoms with Gasteiger partial charge in [0.15, 0.2) is 5.01 Å². The van der Waals surface area contributed by atoms with E-state index in [1.54, 1.807) is 14.2 Å². The van der Waals surface area contributed by atoms with E-state index >= 15 is 0 Å². The predicted molar refractivity (Wildman–Crippen MR) is 126 cm³/mol. The third-order valence-electron chi connectivity index (χ3n) is 5.35. The first-order chi connectivity index (χ1) is 15.7. The summed E-state index contributed by atoms with van der Waals surface area (Å²) in [7, 11) is 3.28. The van der Waals surface area contributed by atoms with E-state index in [4.69, 9.17) is 19.2 Å². The number of nitrogens with zero attached hydrogens (tertiary/aromatic N) is 2. The van der Waals surface area contributed by atoms with Crippen LogP contribution in [0.25, 0.3) is 21.7 Å². The highest BCUT2D eigenvalue weighted by Gasteiger charge is 2.20. The third kappa shape index (κ3) is 5.27. The second kappa shape index (κ2) is 10.6. The lowest BCUT2D eigenvalue weighted by molar-refractivity contribution is 0.0383. The molecule has 1 aliphatic heterocycles. The number of aromatic nitrogens is 1. The molecule has 1 aromatic heterocycles. The highest BCUT2D eigenvalue weighted by molar-refractivity contribution is 7.17. The Morgan fingerprint density at radius 1 is 1.00 bits per heavy atom. The van der Waals surface area contributed by atoms with E-state index in [-0.39, 0.29) is 5.91 Å². The number of rotatable bonds is 8.